The molecule has 0 atom stereocenters. The number of hydrogen-bond donors (Lipinski definition) is 0. The first-order valence-corrected chi connectivity index (χ1v) is 8.83. The van der Waals surface area contributed by atoms with Gasteiger partial charge in [0.25, 0.3) is 0 Å². The molecular weight excluding hydrogens is 337 g/mol. The smallest absolute Gasteiger partial charge is 0.143 e. The minimum Gasteiger partial charge on any atom is -0.337 e. The van der Waals surface area contributed by atoms with Crippen molar-refractivity contribution < 1.29 is 4.39 Å². The van der Waals surface area contributed by atoms with Crippen LogP contribution in [0.5, 0.6) is 0 Å². The van der Waals surface area contributed by atoms with E-state index in [2.05, 4.69) is 19.9 Å². The van der Waals surface area contributed by atoms with Gasteiger partial charge in [-0.05, 0) is 19.1 Å². The van der Waals surface area contributed by atoms with Crippen LogP contribution in [-0.2, 0) is 19.9 Å². The predicted octanol–water partition coefficient (Wildman–Crippen LogP) is 3.72. The molecule has 3 aromatic heterocycles. The minimum absolute atomic E-state index is 0.284. The van der Waals surface area contributed by atoms with Gasteiger partial charge in [0.15, 0.2) is 0 Å². The lowest BCUT2D eigenvalue weighted by Gasteiger charge is -2.06. The van der Waals surface area contributed by atoms with Crippen molar-refractivity contribution >= 4 is 22.2 Å². The number of nitrogens with zero attached hydrogens (tertiary/aromatic N) is 5. The Balaban J connectivity index is 1.58. The minimum atomic E-state index is -0.284. The molecule has 126 valence electrons. The second-order valence-electron chi connectivity index (χ2n) is 5.88. The van der Waals surface area contributed by atoms with Crippen molar-refractivity contribution in [3.05, 3.63) is 59.1 Å². The van der Waals surface area contributed by atoms with E-state index in [0.29, 0.717) is 24.2 Å². The number of rotatable bonds is 4. The van der Waals surface area contributed by atoms with Gasteiger partial charge < -0.3 is 4.57 Å². The van der Waals surface area contributed by atoms with Gasteiger partial charge in [0.2, 0.25) is 0 Å². The molecule has 0 aliphatic carbocycles. The van der Waals surface area contributed by atoms with Crippen molar-refractivity contribution in [2.45, 2.75) is 19.8 Å². The summed E-state index contributed by atoms with van der Waals surface area (Å²) in [7, 11) is 1.97. The van der Waals surface area contributed by atoms with Crippen LogP contribution in [0.1, 0.15) is 17.3 Å². The third-order valence-corrected chi connectivity index (χ3v) is 4.89. The molecule has 0 N–H and O–H groups in total. The van der Waals surface area contributed by atoms with Crippen molar-refractivity contribution in [1.29, 1.82) is 0 Å². The molecule has 0 bridgehead atoms. The fourth-order valence-corrected chi connectivity index (χ4v) is 3.44. The van der Waals surface area contributed by atoms with Gasteiger partial charge in [-0.25, -0.2) is 24.3 Å². The number of fused-ring (bicyclic) bond motifs is 1. The number of hydrogen-bond acceptors (Lipinski definition) is 5. The fourth-order valence-electron chi connectivity index (χ4n) is 2.85. The van der Waals surface area contributed by atoms with Crippen LogP contribution in [0.3, 0.4) is 0 Å². The Bertz CT molecular complexity index is 1040. The first kappa shape index (κ1) is 15.8. The SMILES string of the molecule is Cc1nc(CCc2nc(-c3nccs3)cn2C)nc2cc(F)ccc12. The third-order valence-electron chi connectivity index (χ3n) is 4.09. The summed E-state index contributed by atoms with van der Waals surface area (Å²) in [6.45, 7) is 1.92. The number of thiazole rings is 1. The summed E-state index contributed by atoms with van der Waals surface area (Å²) in [5, 5.41) is 3.73. The average Bonchev–Trinajstić information content (AvgIpc) is 3.22. The Kier molecular flexibility index (Phi) is 4.01. The van der Waals surface area contributed by atoms with E-state index >= 15 is 0 Å². The molecule has 25 heavy (non-hydrogen) atoms. The summed E-state index contributed by atoms with van der Waals surface area (Å²) >= 11 is 1.57. The summed E-state index contributed by atoms with van der Waals surface area (Å²) in [4.78, 5) is 18.0. The second-order valence-corrected chi connectivity index (χ2v) is 6.77. The van der Waals surface area contributed by atoms with Crippen LogP contribution in [0.4, 0.5) is 4.39 Å². The molecule has 1 aromatic carbocycles. The predicted molar refractivity (Wildman–Crippen MR) is 96.0 cm³/mol. The second kappa shape index (κ2) is 6.33. The van der Waals surface area contributed by atoms with E-state index < -0.39 is 0 Å². The van der Waals surface area contributed by atoms with Crippen LogP contribution in [0.25, 0.3) is 21.6 Å². The number of aryl methyl sites for hydroxylation is 4. The lowest BCUT2D eigenvalue weighted by Crippen LogP contribution is -2.04. The Morgan fingerprint density at radius 3 is 2.84 bits per heavy atom. The number of aromatic nitrogens is 5. The summed E-state index contributed by atoms with van der Waals surface area (Å²) in [6.07, 6.45) is 5.12. The maximum atomic E-state index is 13.5. The average molecular weight is 353 g/mol. The van der Waals surface area contributed by atoms with Crippen LogP contribution >= 0.6 is 11.3 Å². The lowest BCUT2D eigenvalue weighted by atomic mass is 10.2. The summed E-state index contributed by atoms with van der Waals surface area (Å²) in [5.74, 6) is 1.37. The molecule has 7 heteroatoms. The zero-order chi connectivity index (χ0) is 17.4. The van der Waals surface area contributed by atoms with Gasteiger partial charge in [-0.1, -0.05) is 0 Å². The fraction of sp³-hybridized carbons (Fsp3) is 0.222. The summed E-state index contributed by atoms with van der Waals surface area (Å²) in [6, 6.07) is 4.62. The summed E-state index contributed by atoms with van der Waals surface area (Å²) < 4.78 is 15.5. The normalized spacial score (nSPS) is 11.3. The number of halogens is 1. The monoisotopic (exact) mass is 353 g/mol. The van der Waals surface area contributed by atoms with Crippen LogP contribution in [-0.4, -0.2) is 24.5 Å². The Morgan fingerprint density at radius 1 is 1.16 bits per heavy atom. The van der Waals surface area contributed by atoms with Gasteiger partial charge in [0, 0.05) is 54.8 Å². The molecule has 0 aliphatic heterocycles. The van der Waals surface area contributed by atoms with Crippen molar-refractivity contribution in [2.24, 2.45) is 7.05 Å². The molecule has 0 spiro atoms. The van der Waals surface area contributed by atoms with E-state index in [1.54, 1.807) is 23.6 Å². The molecule has 0 amide bonds. The zero-order valence-corrected chi connectivity index (χ0v) is 14.7. The van der Waals surface area contributed by atoms with Crippen LogP contribution in [0, 0.1) is 12.7 Å². The summed E-state index contributed by atoms with van der Waals surface area (Å²) in [5.41, 5.74) is 2.39. The molecule has 0 saturated heterocycles. The largest absolute Gasteiger partial charge is 0.337 e. The van der Waals surface area contributed by atoms with Crippen LogP contribution in [0.15, 0.2) is 36.0 Å². The standard InChI is InChI=1S/C18H16FN5S/c1-11-13-4-3-12(19)9-14(13)22-16(21-11)5-6-17-23-15(10-24(17)2)18-20-7-8-25-18/h3-4,7-10H,5-6H2,1-2H3. The maximum absolute atomic E-state index is 13.5. The number of benzene rings is 1. The third kappa shape index (κ3) is 3.15. The van der Waals surface area contributed by atoms with Crippen molar-refractivity contribution in [2.75, 3.05) is 0 Å². The van der Waals surface area contributed by atoms with E-state index in [9.17, 15) is 4.39 Å². The van der Waals surface area contributed by atoms with Gasteiger partial charge in [0.1, 0.15) is 28.2 Å². The molecule has 3 heterocycles. The quantitative estimate of drug-likeness (QED) is 0.561. The van der Waals surface area contributed by atoms with E-state index in [0.717, 1.165) is 27.6 Å². The molecule has 4 rings (SSSR count). The van der Waals surface area contributed by atoms with Crippen molar-refractivity contribution in [3.8, 4) is 10.7 Å². The van der Waals surface area contributed by atoms with Gasteiger partial charge in [-0.3, -0.25) is 0 Å². The van der Waals surface area contributed by atoms with Gasteiger partial charge in [-0.15, -0.1) is 11.3 Å². The highest BCUT2D eigenvalue weighted by molar-refractivity contribution is 7.13. The molecule has 0 radical (unpaired) electrons. The highest BCUT2D eigenvalue weighted by Gasteiger charge is 2.11. The molecule has 5 nitrogen and oxygen atoms in total. The van der Waals surface area contributed by atoms with Crippen molar-refractivity contribution in [1.82, 2.24) is 24.5 Å². The molecule has 0 aliphatic rings. The molecule has 0 fully saturated rings. The van der Waals surface area contributed by atoms with Gasteiger partial charge >= 0.3 is 0 Å². The highest BCUT2D eigenvalue weighted by Crippen LogP contribution is 2.21. The highest BCUT2D eigenvalue weighted by atomic mass is 32.1. The maximum Gasteiger partial charge on any atom is 0.143 e. The number of imidazole rings is 1. The zero-order valence-electron chi connectivity index (χ0n) is 13.9. The topological polar surface area (TPSA) is 56.5 Å². The van der Waals surface area contributed by atoms with Crippen LogP contribution in [0.2, 0.25) is 0 Å². The van der Waals surface area contributed by atoms with Gasteiger partial charge in [-0.2, -0.15) is 0 Å². The Labute approximate surface area is 148 Å². The van der Waals surface area contributed by atoms with E-state index in [4.69, 9.17) is 0 Å². The lowest BCUT2D eigenvalue weighted by molar-refractivity contribution is 0.629. The van der Waals surface area contributed by atoms with E-state index in [-0.39, 0.29) is 5.82 Å². The Hall–Kier alpha value is -2.67. The van der Waals surface area contributed by atoms with E-state index in [1.807, 2.05) is 30.1 Å². The van der Waals surface area contributed by atoms with Crippen LogP contribution < -0.4 is 0 Å². The molecular formula is C18H16FN5S. The first-order valence-electron chi connectivity index (χ1n) is 7.95. The first-order chi connectivity index (χ1) is 12.1. The molecule has 0 saturated carbocycles. The van der Waals surface area contributed by atoms with Gasteiger partial charge in [0.05, 0.1) is 5.52 Å². The van der Waals surface area contributed by atoms with E-state index in [1.165, 1.54) is 12.1 Å². The molecule has 0 unspecified atom stereocenters. The van der Waals surface area contributed by atoms with Crippen molar-refractivity contribution in [3.63, 3.8) is 0 Å². The molecule has 4 aromatic rings. The Morgan fingerprint density at radius 2 is 2.04 bits per heavy atom.